The van der Waals surface area contributed by atoms with Gasteiger partial charge >= 0.3 is 0 Å². The molecule has 1 amide bonds. The van der Waals surface area contributed by atoms with Crippen molar-refractivity contribution in [3.63, 3.8) is 0 Å². The molecule has 0 spiro atoms. The van der Waals surface area contributed by atoms with Crippen LogP contribution in [0.5, 0.6) is 0 Å². The Hall–Kier alpha value is -1.10. The van der Waals surface area contributed by atoms with Crippen LogP contribution in [0.25, 0.3) is 0 Å². The van der Waals surface area contributed by atoms with Gasteiger partial charge in [-0.25, -0.2) is 0 Å². The second kappa shape index (κ2) is 9.75. The highest BCUT2D eigenvalue weighted by Crippen LogP contribution is 2.19. The van der Waals surface area contributed by atoms with E-state index >= 15 is 0 Å². The summed E-state index contributed by atoms with van der Waals surface area (Å²) in [6.07, 6.45) is 2.21. The quantitative estimate of drug-likeness (QED) is 0.689. The average Bonchev–Trinajstić information content (AvgIpc) is 2.42. The first-order valence-corrected chi connectivity index (χ1v) is 7.35. The molecule has 0 aromatic heterocycles. The maximum absolute atomic E-state index is 11.8. The lowest BCUT2D eigenvalue weighted by Crippen LogP contribution is -2.30. The number of hydrogen-bond donors (Lipinski definition) is 2. The monoisotopic (exact) mass is 298 g/mol. The molecule has 1 aromatic rings. The van der Waals surface area contributed by atoms with Crippen LogP contribution in [0, 0.1) is 6.92 Å². The first-order valence-electron chi connectivity index (χ1n) is 6.98. The Balaban J connectivity index is 2.19. The Kier molecular flexibility index (Phi) is 8.26. The first kappa shape index (κ1) is 17.0. The van der Waals surface area contributed by atoms with E-state index in [1.54, 1.807) is 12.1 Å². The number of ether oxygens (including phenoxy) is 1. The Morgan fingerprint density at radius 2 is 2.15 bits per heavy atom. The molecule has 4 nitrogen and oxygen atoms in total. The molecule has 0 aliphatic rings. The van der Waals surface area contributed by atoms with E-state index < -0.39 is 0 Å². The van der Waals surface area contributed by atoms with E-state index in [4.69, 9.17) is 16.3 Å². The van der Waals surface area contributed by atoms with Gasteiger partial charge in [-0.15, -0.1) is 0 Å². The molecule has 5 heteroatoms. The lowest BCUT2D eigenvalue weighted by atomic mass is 10.2. The highest BCUT2D eigenvalue weighted by Gasteiger charge is 2.04. The van der Waals surface area contributed by atoms with Gasteiger partial charge in [0.15, 0.2) is 0 Å². The fourth-order valence-electron chi connectivity index (χ4n) is 1.62. The van der Waals surface area contributed by atoms with Crippen LogP contribution >= 0.6 is 11.6 Å². The van der Waals surface area contributed by atoms with Crippen molar-refractivity contribution in [2.45, 2.75) is 26.7 Å². The average molecular weight is 299 g/mol. The number of carbonyl (C=O) groups excluding carboxylic acids is 1. The van der Waals surface area contributed by atoms with Crippen molar-refractivity contribution in [1.29, 1.82) is 0 Å². The minimum Gasteiger partial charge on any atom is -0.380 e. The smallest absolute Gasteiger partial charge is 0.238 e. The molecule has 0 aliphatic heterocycles. The van der Waals surface area contributed by atoms with Crippen molar-refractivity contribution in [2.75, 3.05) is 31.6 Å². The van der Waals surface area contributed by atoms with E-state index in [1.807, 2.05) is 13.0 Å². The second-order valence-electron chi connectivity index (χ2n) is 4.65. The summed E-state index contributed by atoms with van der Waals surface area (Å²) in [6, 6.07) is 5.44. The third kappa shape index (κ3) is 6.89. The van der Waals surface area contributed by atoms with Crippen molar-refractivity contribution in [3.05, 3.63) is 28.8 Å². The number of halogens is 1. The number of aryl methyl sites for hydroxylation is 1. The van der Waals surface area contributed by atoms with Gasteiger partial charge in [0.2, 0.25) is 5.91 Å². The van der Waals surface area contributed by atoms with E-state index in [0.717, 1.165) is 30.7 Å². The zero-order valence-corrected chi connectivity index (χ0v) is 12.9. The molecule has 112 valence electrons. The fourth-order valence-corrected chi connectivity index (χ4v) is 1.79. The molecule has 0 fully saturated rings. The van der Waals surface area contributed by atoms with Crippen molar-refractivity contribution in [2.24, 2.45) is 0 Å². The van der Waals surface area contributed by atoms with Crippen LogP contribution in [-0.2, 0) is 9.53 Å². The van der Waals surface area contributed by atoms with Crippen LogP contribution < -0.4 is 10.6 Å². The van der Waals surface area contributed by atoms with Gasteiger partial charge in [-0.05, 0) is 31.0 Å². The van der Waals surface area contributed by atoms with Gasteiger partial charge in [-0.1, -0.05) is 31.0 Å². The molecule has 0 heterocycles. The molecule has 20 heavy (non-hydrogen) atoms. The Morgan fingerprint density at radius 3 is 2.90 bits per heavy atom. The molecule has 0 radical (unpaired) electrons. The number of benzene rings is 1. The predicted octanol–water partition coefficient (Wildman–Crippen LogP) is 2.99. The molecule has 0 unspecified atom stereocenters. The van der Waals surface area contributed by atoms with E-state index in [-0.39, 0.29) is 12.5 Å². The fraction of sp³-hybridized carbons (Fsp3) is 0.533. The molecule has 2 N–H and O–H groups in total. The molecule has 0 atom stereocenters. The molecule has 0 saturated heterocycles. The van der Waals surface area contributed by atoms with Crippen LogP contribution in [0.2, 0.25) is 5.02 Å². The van der Waals surface area contributed by atoms with Crippen molar-refractivity contribution in [3.8, 4) is 0 Å². The maximum atomic E-state index is 11.8. The third-order valence-corrected chi connectivity index (χ3v) is 3.06. The molecule has 1 rings (SSSR count). The van der Waals surface area contributed by atoms with E-state index in [2.05, 4.69) is 17.6 Å². The van der Waals surface area contributed by atoms with Crippen LogP contribution in [-0.4, -0.2) is 32.2 Å². The first-order chi connectivity index (χ1) is 9.63. The summed E-state index contributed by atoms with van der Waals surface area (Å²) in [7, 11) is 0. The van der Waals surface area contributed by atoms with Crippen LogP contribution in [0.3, 0.4) is 0 Å². The number of hydrogen-bond acceptors (Lipinski definition) is 3. The maximum Gasteiger partial charge on any atom is 0.238 e. The summed E-state index contributed by atoms with van der Waals surface area (Å²) < 4.78 is 5.40. The van der Waals surface area contributed by atoms with E-state index in [1.165, 1.54) is 0 Å². The Bertz CT molecular complexity index is 424. The number of rotatable bonds is 9. The lowest BCUT2D eigenvalue weighted by Gasteiger charge is -2.09. The highest BCUT2D eigenvalue weighted by atomic mass is 35.5. The lowest BCUT2D eigenvalue weighted by molar-refractivity contribution is -0.115. The van der Waals surface area contributed by atoms with Crippen LogP contribution in [0.4, 0.5) is 5.69 Å². The van der Waals surface area contributed by atoms with Gasteiger partial charge in [-0.2, -0.15) is 0 Å². The summed E-state index contributed by atoms with van der Waals surface area (Å²) in [6.45, 7) is 6.41. The van der Waals surface area contributed by atoms with Gasteiger partial charge in [0.1, 0.15) is 0 Å². The number of amides is 1. The molecular weight excluding hydrogens is 276 g/mol. The standard InChI is InChI=1S/C15H23ClN2O2/c1-3-4-8-20-9-7-17-11-15(19)18-14-10-13(16)6-5-12(14)2/h5-6,10,17H,3-4,7-9,11H2,1-2H3,(H,18,19). The number of nitrogens with one attached hydrogen (secondary N) is 2. The Morgan fingerprint density at radius 1 is 1.35 bits per heavy atom. The van der Waals surface area contributed by atoms with Crippen LogP contribution in [0.15, 0.2) is 18.2 Å². The van der Waals surface area contributed by atoms with Crippen molar-refractivity contribution in [1.82, 2.24) is 5.32 Å². The highest BCUT2D eigenvalue weighted by molar-refractivity contribution is 6.31. The minimum atomic E-state index is -0.0797. The van der Waals surface area contributed by atoms with E-state index in [9.17, 15) is 4.79 Å². The van der Waals surface area contributed by atoms with Crippen LogP contribution in [0.1, 0.15) is 25.3 Å². The number of unbranched alkanes of at least 4 members (excludes halogenated alkanes) is 1. The summed E-state index contributed by atoms with van der Waals surface area (Å²) in [5, 5.41) is 6.50. The summed E-state index contributed by atoms with van der Waals surface area (Å²) >= 11 is 5.90. The van der Waals surface area contributed by atoms with Gasteiger partial charge in [-0.3, -0.25) is 4.79 Å². The topological polar surface area (TPSA) is 50.4 Å². The van der Waals surface area contributed by atoms with Gasteiger partial charge in [0.25, 0.3) is 0 Å². The Labute approximate surface area is 125 Å². The molecule has 1 aromatic carbocycles. The van der Waals surface area contributed by atoms with Gasteiger partial charge in [0.05, 0.1) is 13.2 Å². The van der Waals surface area contributed by atoms with Gasteiger partial charge in [0, 0.05) is 23.9 Å². The third-order valence-electron chi connectivity index (χ3n) is 2.82. The molecule has 0 bridgehead atoms. The molecular formula is C15H23ClN2O2. The molecule has 0 saturated carbocycles. The summed E-state index contributed by atoms with van der Waals surface area (Å²) in [4.78, 5) is 11.8. The zero-order valence-electron chi connectivity index (χ0n) is 12.2. The van der Waals surface area contributed by atoms with E-state index in [0.29, 0.717) is 18.2 Å². The van der Waals surface area contributed by atoms with Crippen molar-refractivity contribution < 1.29 is 9.53 Å². The second-order valence-corrected chi connectivity index (χ2v) is 5.09. The number of anilines is 1. The SMILES string of the molecule is CCCCOCCNCC(=O)Nc1cc(Cl)ccc1C. The van der Waals surface area contributed by atoms with Gasteiger partial charge < -0.3 is 15.4 Å². The largest absolute Gasteiger partial charge is 0.380 e. The number of carbonyl (C=O) groups is 1. The normalized spacial score (nSPS) is 10.6. The predicted molar refractivity (Wildman–Crippen MR) is 83.4 cm³/mol. The zero-order chi connectivity index (χ0) is 14.8. The summed E-state index contributed by atoms with van der Waals surface area (Å²) in [5.41, 5.74) is 1.74. The summed E-state index contributed by atoms with van der Waals surface area (Å²) in [5.74, 6) is -0.0797. The van der Waals surface area contributed by atoms with Crippen molar-refractivity contribution >= 4 is 23.2 Å². The minimum absolute atomic E-state index is 0.0797. The molecule has 0 aliphatic carbocycles.